The summed E-state index contributed by atoms with van der Waals surface area (Å²) in [6, 6.07) is 5.18. The summed E-state index contributed by atoms with van der Waals surface area (Å²) in [7, 11) is 1.78. The Morgan fingerprint density at radius 1 is 1.45 bits per heavy atom. The van der Waals surface area contributed by atoms with Crippen LogP contribution in [0.2, 0.25) is 0 Å². The lowest BCUT2D eigenvalue weighted by molar-refractivity contribution is -0.142. The van der Waals surface area contributed by atoms with Crippen LogP contribution in [0.4, 0.5) is 0 Å². The predicted molar refractivity (Wildman–Crippen MR) is 82.2 cm³/mol. The molecule has 0 fully saturated rings. The molecule has 0 spiro atoms. The van der Waals surface area contributed by atoms with Crippen molar-refractivity contribution in [1.29, 1.82) is 0 Å². The minimum Gasteiger partial charge on any atom is -0.480 e. The monoisotopic (exact) mass is 320 g/mol. The fourth-order valence-corrected chi connectivity index (χ4v) is 2.93. The summed E-state index contributed by atoms with van der Waals surface area (Å²) in [6.07, 6.45) is 0. The van der Waals surface area contributed by atoms with Crippen molar-refractivity contribution in [2.45, 2.75) is 19.5 Å². The van der Waals surface area contributed by atoms with Gasteiger partial charge in [0.2, 0.25) is 6.79 Å². The number of carboxylic acids is 1. The van der Waals surface area contributed by atoms with Crippen molar-refractivity contribution < 1.29 is 19.4 Å². The van der Waals surface area contributed by atoms with Gasteiger partial charge in [-0.3, -0.25) is 9.69 Å². The Morgan fingerprint density at radius 2 is 2.23 bits per heavy atom. The molecule has 1 aliphatic rings. The normalized spacial score (nSPS) is 14.3. The van der Waals surface area contributed by atoms with E-state index in [0.29, 0.717) is 6.54 Å². The number of hydrogen-bond donors (Lipinski definition) is 1. The third-order valence-corrected chi connectivity index (χ3v) is 4.54. The number of benzene rings is 1. The first-order valence-electron chi connectivity index (χ1n) is 6.82. The maximum Gasteiger partial charge on any atom is 0.320 e. The zero-order valence-corrected chi connectivity index (χ0v) is 13.1. The number of ether oxygens (including phenoxy) is 2. The van der Waals surface area contributed by atoms with E-state index in [-0.39, 0.29) is 6.79 Å². The highest BCUT2D eigenvalue weighted by molar-refractivity contribution is 7.13. The third-order valence-electron chi connectivity index (χ3n) is 3.60. The largest absolute Gasteiger partial charge is 0.480 e. The molecule has 1 aliphatic heterocycles. The van der Waals surface area contributed by atoms with Crippen LogP contribution in [-0.4, -0.2) is 40.8 Å². The lowest BCUT2D eigenvalue weighted by Gasteiger charge is -2.19. The van der Waals surface area contributed by atoms with Crippen molar-refractivity contribution in [1.82, 2.24) is 9.88 Å². The average Bonchev–Trinajstić information content (AvgIpc) is 3.13. The second-order valence-corrected chi connectivity index (χ2v) is 6.00. The quantitative estimate of drug-likeness (QED) is 0.912. The molecule has 7 heteroatoms. The lowest BCUT2D eigenvalue weighted by Crippen LogP contribution is -2.35. The van der Waals surface area contributed by atoms with Gasteiger partial charge in [0, 0.05) is 17.5 Å². The lowest BCUT2D eigenvalue weighted by atomic mass is 10.2. The van der Waals surface area contributed by atoms with E-state index in [2.05, 4.69) is 4.98 Å². The van der Waals surface area contributed by atoms with Crippen LogP contribution in [-0.2, 0) is 11.3 Å². The van der Waals surface area contributed by atoms with Gasteiger partial charge in [-0.25, -0.2) is 4.98 Å². The Bertz CT molecular complexity index is 701. The van der Waals surface area contributed by atoms with E-state index in [1.54, 1.807) is 18.9 Å². The fourth-order valence-electron chi connectivity index (χ4n) is 2.12. The first kappa shape index (κ1) is 14.8. The van der Waals surface area contributed by atoms with Gasteiger partial charge in [-0.15, -0.1) is 11.3 Å². The van der Waals surface area contributed by atoms with Gasteiger partial charge in [-0.2, -0.15) is 0 Å². The van der Waals surface area contributed by atoms with Crippen LogP contribution in [0.5, 0.6) is 11.5 Å². The average molecular weight is 320 g/mol. The molecule has 0 amide bonds. The molecule has 1 atom stereocenters. The maximum atomic E-state index is 11.0. The zero-order valence-electron chi connectivity index (χ0n) is 12.3. The molecule has 0 aliphatic carbocycles. The van der Waals surface area contributed by atoms with Crippen LogP contribution in [0.3, 0.4) is 0 Å². The highest BCUT2D eigenvalue weighted by atomic mass is 32.1. The Balaban J connectivity index is 1.75. The van der Waals surface area contributed by atoms with Gasteiger partial charge >= 0.3 is 5.97 Å². The number of thiazole rings is 1. The molecule has 0 radical (unpaired) electrons. The maximum absolute atomic E-state index is 11.0. The van der Waals surface area contributed by atoms with Gasteiger partial charge in [0.15, 0.2) is 11.5 Å². The van der Waals surface area contributed by atoms with Gasteiger partial charge < -0.3 is 14.6 Å². The van der Waals surface area contributed by atoms with E-state index < -0.39 is 12.0 Å². The van der Waals surface area contributed by atoms with Crippen LogP contribution in [0.15, 0.2) is 23.6 Å². The molecule has 116 valence electrons. The predicted octanol–water partition coefficient (Wildman–Crippen LogP) is 2.44. The summed E-state index contributed by atoms with van der Waals surface area (Å²) in [4.78, 5) is 17.3. The molecule has 0 bridgehead atoms. The molecular formula is C15H16N2O4S. The van der Waals surface area contributed by atoms with Crippen molar-refractivity contribution in [3.63, 3.8) is 0 Å². The van der Waals surface area contributed by atoms with Crippen molar-refractivity contribution in [3.8, 4) is 22.1 Å². The number of rotatable bonds is 5. The number of carboxylic acid groups (broad SMARTS) is 1. The standard InChI is InChI=1S/C15H16N2O4S/c1-9(15(18)19)17(2)6-11-7-22-14(16-11)10-3-4-12-13(5-10)21-8-20-12/h3-5,7,9H,6,8H2,1-2H3,(H,18,19). The summed E-state index contributed by atoms with van der Waals surface area (Å²) in [5.41, 5.74) is 1.82. The molecular weight excluding hydrogens is 304 g/mol. The van der Waals surface area contributed by atoms with Gasteiger partial charge in [0.05, 0.1) is 5.69 Å². The van der Waals surface area contributed by atoms with Crippen LogP contribution in [0.1, 0.15) is 12.6 Å². The van der Waals surface area contributed by atoms with Crippen molar-refractivity contribution in [2.24, 2.45) is 0 Å². The first-order valence-corrected chi connectivity index (χ1v) is 7.70. The summed E-state index contributed by atoms with van der Waals surface area (Å²) in [5, 5.41) is 11.8. The van der Waals surface area contributed by atoms with E-state index in [1.807, 2.05) is 23.6 Å². The molecule has 0 saturated heterocycles. The number of aromatic nitrogens is 1. The van der Waals surface area contributed by atoms with E-state index in [4.69, 9.17) is 14.6 Å². The SMILES string of the molecule is CC(C(=O)O)N(C)Cc1csc(-c2ccc3c(c2)OCO3)n1. The molecule has 1 aromatic carbocycles. The van der Waals surface area contributed by atoms with E-state index >= 15 is 0 Å². The number of fused-ring (bicyclic) bond motifs is 1. The molecule has 6 nitrogen and oxygen atoms in total. The van der Waals surface area contributed by atoms with Gasteiger partial charge in [-0.05, 0) is 32.2 Å². The summed E-state index contributed by atoms with van der Waals surface area (Å²) >= 11 is 1.53. The Labute approximate surface area is 131 Å². The number of aliphatic carboxylic acids is 1. The topological polar surface area (TPSA) is 71.9 Å². The van der Waals surface area contributed by atoms with Crippen LogP contribution >= 0.6 is 11.3 Å². The minimum atomic E-state index is -0.839. The summed E-state index contributed by atoms with van der Waals surface area (Å²) in [6.45, 7) is 2.40. The number of nitrogens with zero attached hydrogens (tertiary/aromatic N) is 2. The second kappa shape index (κ2) is 5.94. The van der Waals surface area contributed by atoms with Gasteiger partial charge in [0.25, 0.3) is 0 Å². The highest BCUT2D eigenvalue weighted by Gasteiger charge is 2.19. The van der Waals surface area contributed by atoms with Crippen LogP contribution in [0.25, 0.3) is 10.6 Å². The summed E-state index contributed by atoms with van der Waals surface area (Å²) < 4.78 is 10.7. The number of carbonyl (C=O) groups is 1. The highest BCUT2D eigenvalue weighted by Crippen LogP contribution is 2.36. The smallest absolute Gasteiger partial charge is 0.320 e. The van der Waals surface area contributed by atoms with E-state index in [9.17, 15) is 4.79 Å². The molecule has 2 aromatic rings. The minimum absolute atomic E-state index is 0.250. The third kappa shape index (κ3) is 2.90. The van der Waals surface area contributed by atoms with Gasteiger partial charge in [0.1, 0.15) is 11.0 Å². The molecule has 1 aromatic heterocycles. The van der Waals surface area contributed by atoms with E-state index in [1.165, 1.54) is 11.3 Å². The molecule has 0 saturated carbocycles. The first-order chi connectivity index (χ1) is 10.5. The van der Waals surface area contributed by atoms with Crippen LogP contribution < -0.4 is 9.47 Å². The van der Waals surface area contributed by atoms with E-state index in [0.717, 1.165) is 27.8 Å². The van der Waals surface area contributed by atoms with Crippen LogP contribution in [0, 0.1) is 0 Å². The Kier molecular flexibility index (Phi) is 4.00. The Hall–Kier alpha value is -2.12. The zero-order chi connectivity index (χ0) is 15.7. The van der Waals surface area contributed by atoms with Crippen molar-refractivity contribution in [3.05, 3.63) is 29.3 Å². The molecule has 22 heavy (non-hydrogen) atoms. The Morgan fingerprint density at radius 3 is 3.00 bits per heavy atom. The van der Waals surface area contributed by atoms with Gasteiger partial charge in [-0.1, -0.05) is 0 Å². The van der Waals surface area contributed by atoms with Crippen molar-refractivity contribution in [2.75, 3.05) is 13.8 Å². The van der Waals surface area contributed by atoms with Crippen molar-refractivity contribution >= 4 is 17.3 Å². The molecule has 1 unspecified atom stereocenters. The number of hydrogen-bond acceptors (Lipinski definition) is 6. The molecule has 3 rings (SSSR count). The summed E-state index contributed by atoms with van der Waals surface area (Å²) in [5.74, 6) is 0.634. The number of likely N-dealkylation sites (N-methyl/N-ethyl adjacent to an activating group) is 1. The molecule has 1 N–H and O–H groups in total. The second-order valence-electron chi connectivity index (χ2n) is 5.14. The molecule has 2 heterocycles. The fraction of sp³-hybridized carbons (Fsp3) is 0.333.